The summed E-state index contributed by atoms with van der Waals surface area (Å²) in [7, 11) is 3.02. The third-order valence-electron chi connectivity index (χ3n) is 3.89. The van der Waals surface area contributed by atoms with Crippen molar-refractivity contribution >= 4 is 12.4 Å². The average molecular weight is 403 g/mol. The summed E-state index contributed by atoms with van der Waals surface area (Å²) in [6.45, 7) is 0.308. The van der Waals surface area contributed by atoms with Gasteiger partial charge in [0.05, 0.1) is 19.1 Å². The number of carbonyl (C=O) groups excluding carboxylic acids is 1. The molecule has 2 aliphatic rings. The summed E-state index contributed by atoms with van der Waals surface area (Å²) in [5.41, 5.74) is 1.14. The Morgan fingerprint density at radius 1 is 0.897 bits per heavy atom. The number of hydrogen-bond acceptors (Lipinski definition) is 9. The summed E-state index contributed by atoms with van der Waals surface area (Å²) in [4.78, 5) is 20.2. The molecule has 0 saturated carbocycles. The Labute approximate surface area is 165 Å². The molecule has 0 unspecified atom stereocenters. The maximum atomic E-state index is 10.5. The van der Waals surface area contributed by atoms with Gasteiger partial charge in [0.25, 0.3) is 0 Å². The molecule has 0 fully saturated rings. The van der Waals surface area contributed by atoms with E-state index in [-0.39, 0.29) is 13.6 Å². The van der Waals surface area contributed by atoms with Crippen molar-refractivity contribution in [3.63, 3.8) is 0 Å². The van der Waals surface area contributed by atoms with Crippen LogP contribution >= 0.6 is 0 Å². The summed E-state index contributed by atoms with van der Waals surface area (Å²) in [5, 5.41) is 10.2. The van der Waals surface area contributed by atoms with Gasteiger partial charge in [-0.15, -0.1) is 0 Å². The number of rotatable bonds is 5. The van der Waals surface area contributed by atoms with Gasteiger partial charge in [0.15, 0.2) is 23.0 Å². The molecule has 2 aromatic carbocycles. The van der Waals surface area contributed by atoms with Gasteiger partial charge in [-0.1, -0.05) is 0 Å². The molecule has 0 aromatic heterocycles. The zero-order chi connectivity index (χ0) is 20.8. The fourth-order valence-corrected chi connectivity index (χ4v) is 2.61. The molecule has 0 aliphatic carbocycles. The van der Waals surface area contributed by atoms with E-state index in [0.29, 0.717) is 45.6 Å². The molecule has 2 aliphatic heterocycles. The summed E-state index contributed by atoms with van der Waals surface area (Å²) >= 11 is 0. The summed E-state index contributed by atoms with van der Waals surface area (Å²) in [5.74, 6) is 3.20. The highest BCUT2D eigenvalue weighted by molar-refractivity contribution is 5.78. The van der Waals surface area contributed by atoms with Crippen molar-refractivity contribution in [2.24, 2.45) is 0 Å². The van der Waals surface area contributed by atoms with E-state index in [1.54, 1.807) is 24.3 Å². The van der Waals surface area contributed by atoms with Crippen molar-refractivity contribution in [1.82, 2.24) is 0 Å². The van der Waals surface area contributed by atoms with Crippen LogP contribution in [-0.4, -0.2) is 39.0 Å². The first-order valence-electron chi connectivity index (χ1n) is 8.28. The highest BCUT2D eigenvalue weighted by atomic mass is 16.7. The highest BCUT2D eigenvalue weighted by Gasteiger charge is 2.20. The molecule has 0 spiro atoms. The maximum Gasteiger partial charge on any atom is 0.235 e. The lowest BCUT2D eigenvalue weighted by molar-refractivity contribution is -0.400. The Morgan fingerprint density at radius 3 is 1.90 bits per heavy atom. The molecule has 0 amide bonds. The van der Waals surface area contributed by atoms with Crippen molar-refractivity contribution in [3.05, 3.63) is 51.7 Å². The minimum atomic E-state index is -0.531. The predicted molar refractivity (Wildman–Crippen MR) is 99.6 cm³/mol. The van der Waals surface area contributed by atoms with E-state index < -0.39 is 4.92 Å². The molecule has 0 atom stereocenters. The lowest BCUT2D eigenvalue weighted by Gasteiger charge is -2.05. The minimum absolute atomic E-state index is 0.133. The van der Waals surface area contributed by atoms with Crippen LogP contribution in [0, 0.1) is 10.1 Å². The first kappa shape index (κ1) is 19.8. The number of benzene rings is 2. The Bertz CT molecular complexity index is 955. The first-order chi connectivity index (χ1) is 14.0. The molecule has 10 heteroatoms. The second-order valence-corrected chi connectivity index (χ2v) is 5.63. The fraction of sp³-hybridized carbons (Fsp3) is 0.211. The van der Waals surface area contributed by atoms with E-state index in [1.165, 1.54) is 20.3 Å². The molecule has 0 N–H and O–H groups in total. The van der Waals surface area contributed by atoms with E-state index in [9.17, 15) is 14.9 Å². The smallest absolute Gasteiger partial charge is 0.235 e. The number of nitro groups is 1. The highest BCUT2D eigenvalue weighted by Crippen LogP contribution is 2.42. The molecule has 29 heavy (non-hydrogen) atoms. The van der Waals surface area contributed by atoms with Crippen LogP contribution < -0.4 is 28.4 Å². The largest absolute Gasteiger partial charge is 0.493 e. The summed E-state index contributed by atoms with van der Waals surface area (Å²) in [6, 6.07) is 6.54. The number of hydrogen-bond donors (Lipinski definition) is 0. The Morgan fingerprint density at radius 2 is 1.41 bits per heavy atom. The predicted octanol–water partition coefficient (Wildman–Crippen LogP) is 2.91. The lowest BCUT2D eigenvalue weighted by atomic mass is 10.2. The van der Waals surface area contributed by atoms with Crippen molar-refractivity contribution < 1.29 is 38.1 Å². The second kappa shape index (κ2) is 8.83. The normalized spacial score (nSPS) is 12.9. The van der Waals surface area contributed by atoms with E-state index >= 15 is 0 Å². The minimum Gasteiger partial charge on any atom is -0.493 e. The number of nitrogens with zero attached hydrogens (tertiary/aromatic N) is 1. The lowest BCUT2D eigenvalue weighted by Crippen LogP contribution is -1.93. The van der Waals surface area contributed by atoms with Gasteiger partial charge in [0.1, 0.15) is 6.29 Å². The van der Waals surface area contributed by atoms with Crippen molar-refractivity contribution in [1.29, 1.82) is 0 Å². The van der Waals surface area contributed by atoms with Crippen molar-refractivity contribution in [2.45, 2.75) is 0 Å². The number of fused-ring (bicyclic) bond motifs is 2. The Hall–Kier alpha value is -3.95. The number of ether oxygens (including phenoxy) is 6. The number of carbonyl (C=O) groups is 1. The van der Waals surface area contributed by atoms with Gasteiger partial charge in [-0.25, -0.2) is 0 Å². The van der Waals surface area contributed by atoms with Crippen LogP contribution in [0.3, 0.4) is 0 Å². The molecule has 0 bridgehead atoms. The van der Waals surface area contributed by atoms with Crippen LogP contribution in [0.15, 0.2) is 30.5 Å². The molecule has 2 aromatic rings. The van der Waals surface area contributed by atoms with Gasteiger partial charge in [-0.2, -0.15) is 0 Å². The molecule has 0 radical (unpaired) electrons. The molecule has 2 heterocycles. The molecule has 10 nitrogen and oxygen atoms in total. The third-order valence-corrected chi connectivity index (χ3v) is 3.89. The molecule has 0 saturated heterocycles. The van der Waals surface area contributed by atoms with E-state index in [0.717, 1.165) is 12.5 Å². The van der Waals surface area contributed by atoms with Crippen LogP contribution in [-0.2, 0) is 0 Å². The van der Waals surface area contributed by atoms with E-state index in [2.05, 4.69) is 0 Å². The SMILES string of the molecule is COc1cc(/C=C/[N+](=O)[O-])cc2c1OCO2.COc1cc(C=O)cc2c1OCO2. The number of methoxy groups -OCH3 is 2. The maximum absolute atomic E-state index is 10.5. The average Bonchev–Trinajstić information content (AvgIpc) is 3.40. The second-order valence-electron chi connectivity index (χ2n) is 5.63. The van der Waals surface area contributed by atoms with Gasteiger partial charge in [-0.3, -0.25) is 14.9 Å². The molecular formula is C19H17NO9. The van der Waals surface area contributed by atoms with Gasteiger partial charge in [0, 0.05) is 11.6 Å². The topological polar surface area (TPSA) is 116 Å². The fourth-order valence-electron chi connectivity index (χ4n) is 2.61. The Balaban J connectivity index is 0.000000169. The molecule has 4 rings (SSSR count). The summed E-state index contributed by atoms with van der Waals surface area (Å²) in [6.07, 6.45) is 2.96. The zero-order valence-corrected chi connectivity index (χ0v) is 15.6. The van der Waals surface area contributed by atoms with Crippen LogP contribution in [0.1, 0.15) is 15.9 Å². The zero-order valence-electron chi connectivity index (χ0n) is 15.6. The Kier molecular flexibility index (Phi) is 6.03. The van der Waals surface area contributed by atoms with Gasteiger partial charge < -0.3 is 28.4 Å². The van der Waals surface area contributed by atoms with Gasteiger partial charge in [0.2, 0.25) is 31.3 Å². The molecule has 152 valence electrons. The van der Waals surface area contributed by atoms with Gasteiger partial charge >= 0.3 is 0 Å². The third kappa shape index (κ3) is 4.49. The van der Waals surface area contributed by atoms with Crippen LogP contribution in [0.4, 0.5) is 0 Å². The molecular weight excluding hydrogens is 386 g/mol. The quantitative estimate of drug-likeness (QED) is 0.422. The monoisotopic (exact) mass is 403 g/mol. The van der Waals surface area contributed by atoms with E-state index in [4.69, 9.17) is 28.4 Å². The number of aldehydes is 1. The summed E-state index contributed by atoms with van der Waals surface area (Å²) < 4.78 is 30.8. The van der Waals surface area contributed by atoms with Crippen LogP contribution in [0.25, 0.3) is 6.08 Å². The van der Waals surface area contributed by atoms with Crippen molar-refractivity contribution in [3.8, 4) is 34.5 Å². The van der Waals surface area contributed by atoms with Crippen LogP contribution in [0.5, 0.6) is 34.5 Å². The van der Waals surface area contributed by atoms with Gasteiger partial charge in [-0.05, 0) is 29.8 Å². The van der Waals surface area contributed by atoms with Crippen molar-refractivity contribution in [2.75, 3.05) is 27.8 Å². The standard InChI is InChI=1S/C10H9NO5.C9H8O4/c1-14-8-4-7(2-3-11(12)13)5-9-10(8)16-6-15-9;1-11-7-2-6(4-10)3-8-9(7)13-5-12-8/h2-5H,6H2,1H3;2-4H,5H2,1H3/b3-2+;. The first-order valence-corrected chi connectivity index (χ1v) is 8.28. The van der Waals surface area contributed by atoms with E-state index in [1.807, 2.05) is 0 Å². The van der Waals surface area contributed by atoms with Crippen LogP contribution in [0.2, 0.25) is 0 Å².